The maximum absolute atomic E-state index is 11.0. The second-order valence-corrected chi connectivity index (χ2v) is 8.41. The Bertz CT molecular complexity index is 301. The third-order valence-electron chi connectivity index (χ3n) is 3.26. The average molecular weight is 280 g/mol. The Morgan fingerprint density at radius 1 is 1.41 bits per heavy atom. The van der Waals surface area contributed by atoms with E-state index >= 15 is 0 Å². The molecule has 6 heteroatoms. The van der Waals surface area contributed by atoms with E-state index in [0.29, 0.717) is 6.42 Å². The first kappa shape index (κ1) is 15.3. The van der Waals surface area contributed by atoms with Gasteiger partial charge >= 0.3 is 0 Å². The van der Waals surface area contributed by atoms with Crippen LogP contribution in [0.2, 0.25) is 0 Å². The van der Waals surface area contributed by atoms with Gasteiger partial charge in [0.2, 0.25) is 0 Å². The fourth-order valence-corrected chi connectivity index (χ4v) is 4.14. The Morgan fingerprint density at radius 2 is 2.06 bits per heavy atom. The van der Waals surface area contributed by atoms with E-state index < -0.39 is 9.84 Å². The highest BCUT2D eigenvalue weighted by Crippen LogP contribution is 2.27. The summed E-state index contributed by atoms with van der Waals surface area (Å²) in [7, 11) is -2.83. The van der Waals surface area contributed by atoms with E-state index in [9.17, 15) is 8.42 Å². The molecule has 1 unspecified atom stereocenters. The summed E-state index contributed by atoms with van der Waals surface area (Å²) >= 11 is 2.02. The fraction of sp³-hybridized carbons (Fsp3) is 1.00. The molecular formula is C11H24N2O2S2. The molecule has 17 heavy (non-hydrogen) atoms. The van der Waals surface area contributed by atoms with E-state index in [1.54, 1.807) is 0 Å². The lowest BCUT2D eigenvalue weighted by Gasteiger charge is -2.25. The summed E-state index contributed by atoms with van der Waals surface area (Å²) in [5.41, 5.74) is 2.83. The first-order valence-electron chi connectivity index (χ1n) is 6.23. The van der Waals surface area contributed by atoms with Gasteiger partial charge < -0.3 is 0 Å². The van der Waals surface area contributed by atoms with Crippen molar-refractivity contribution in [1.29, 1.82) is 0 Å². The highest BCUT2D eigenvalue weighted by molar-refractivity contribution is 7.99. The van der Waals surface area contributed by atoms with E-state index in [1.165, 1.54) is 30.6 Å². The Morgan fingerprint density at radius 3 is 2.59 bits per heavy atom. The van der Waals surface area contributed by atoms with Crippen molar-refractivity contribution < 1.29 is 8.42 Å². The predicted octanol–water partition coefficient (Wildman–Crippen LogP) is 1.18. The predicted molar refractivity (Wildman–Crippen MR) is 74.7 cm³/mol. The highest BCUT2D eigenvalue weighted by atomic mass is 32.2. The monoisotopic (exact) mass is 280 g/mol. The van der Waals surface area contributed by atoms with E-state index in [2.05, 4.69) is 5.43 Å². The molecule has 1 rings (SSSR count). The second kappa shape index (κ2) is 7.61. The topological polar surface area (TPSA) is 72.2 Å². The molecule has 102 valence electrons. The first-order chi connectivity index (χ1) is 8.01. The van der Waals surface area contributed by atoms with Crippen molar-refractivity contribution in [3.63, 3.8) is 0 Å². The molecule has 0 amide bonds. The summed E-state index contributed by atoms with van der Waals surface area (Å²) < 4.78 is 22.1. The molecule has 1 aliphatic rings. The van der Waals surface area contributed by atoms with Crippen LogP contribution in [-0.2, 0) is 9.84 Å². The lowest BCUT2D eigenvalue weighted by molar-refractivity contribution is 0.352. The van der Waals surface area contributed by atoms with Crippen LogP contribution in [0.25, 0.3) is 0 Å². The minimum absolute atomic E-state index is 0.268. The van der Waals surface area contributed by atoms with Crippen LogP contribution in [0.5, 0.6) is 0 Å². The smallest absolute Gasteiger partial charge is 0.147 e. The van der Waals surface area contributed by atoms with Crippen molar-refractivity contribution in [2.24, 2.45) is 11.8 Å². The maximum Gasteiger partial charge on any atom is 0.147 e. The van der Waals surface area contributed by atoms with Crippen LogP contribution in [0.15, 0.2) is 0 Å². The molecule has 1 aliphatic heterocycles. The van der Waals surface area contributed by atoms with Crippen LogP contribution in [-0.4, -0.2) is 38.0 Å². The summed E-state index contributed by atoms with van der Waals surface area (Å²) in [5.74, 6) is 9.07. The molecule has 4 nitrogen and oxygen atoms in total. The Hall–Kier alpha value is 0.220. The van der Waals surface area contributed by atoms with Crippen molar-refractivity contribution in [2.75, 3.05) is 23.5 Å². The third-order valence-corrected chi connectivity index (χ3v) is 5.34. The third kappa shape index (κ3) is 7.28. The zero-order chi connectivity index (χ0) is 12.7. The minimum atomic E-state index is -2.83. The van der Waals surface area contributed by atoms with Gasteiger partial charge in [0, 0.05) is 18.1 Å². The molecule has 1 atom stereocenters. The van der Waals surface area contributed by atoms with Gasteiger partial charge in [-0.05, 0) is 49.5 Å². The van der Waals surface area contributed by atoms with Crippen LogP contribution in [0.3, 0.4) is 0 Å². The molecule has 0 bridgehead atoms. The summed E-state index contributed by atoms with van der Waals surface area (Å²) in [4.78, 5) is 0. The zero-order valence-electron chi connectivity index (χ0n) is 10.5. The maximum atomic E-state index is 11.0. The Balaban J connectivity index is 2.23. The molecule has 0 spiro atoms. The average Bonchev–Trinajstić information content (AvgIpc) is 2.27. The van der Waals surface area contributed by atoms with E-state index in [-0.39, 0.29) is 11.8 Å². The minimum Gasteiger partial charge on any atom is -0.271 e. The van der Waals surface area contributed by atoms with Crippen molar-refractivity contribution in [3.05, 3.63) is 0 Å². The van der Waals surface area contributed by atoms with Gasteiger partial charge in [-0.15, -0.1) is 0 Å². The molecule has 0 aromatic rings. The van der Waals surface area contributed by atoms with E-state index in [4.69, 9.17) is 5.84 Å². The second-order valence-electron chi connectivity index (χ2n) is 4.93. The molecular weight excluding hydrogens is 256 g/mol. The van der Waals surface area contributed by atoms with Crippen molar-refractivity contribution in [1.82, 2.24) is 5.43 Å². The number of nitrogens with one attached hydrogen (secondary N) is 1. The van der Waals surface area contributed by atoms with Gasteiger partial charge in [-0.1, -0.05) is 0 Å². The normalized spacial score (nSPS) is 20.4. The van der Waals surface area contributed by atoms with Gasteiger partial charge in [0.05, 0.1) is 0 Å². The van der Waals surface area contributed by atoms with Gasteiger partial charge in [-0.25, -0.2) is 8.42 Å². The van der Waals surface area contributed by atoms with Crippen molar-refractivity contribution in [2.45, 2.75) is 38.1 Å². The standard InChI is InChI=1S/C11H24N2O2S2/c1-17(14,15)8-2-3-11(13-12)9-10-4-6-16-7-5-10/h10-11,13H,2-9,12H2,1H3. The Kier molecular flexibility index (Phi) is 6.84. The number of rotatable bonds is 7. The van der Waals surface area contributed by atoms with Gasteiger partial charge in [-0.2, -0.15) is 11.8 Å². The summed E-state index contributed by atoms with van der Waals surface area (Å²) in [5, 5.41) is 0. The number of hydrogen-bond acceptors (Lipinski definition) is 5. The molecule has 0 aliphatic carbocycles. The van der Waals surface area contributed by atoms with Crippen LogP contribution in [0.4, 0.5) is 0 Å². The number of hydrazine groups is 1. The first-order valence-corrected chi connectivity index (χ1v) is 9.44. The Labute approximate surface area is 109 Å². The summed E-state index contributed by atoms with van der Waals surface area (Å²) in [6.07, 6.45) is 6.48. The summed E-state index contributed by atoms with van der Waals surface area (Å²) in [6, 6.07) is 0.268. The van der Waals surface area contributed by atoms with Crippen molar-refractivity contribution >= 4 is 21.6 Å². The van der Waals surface area contributed by atoms with E-state index in [0.717, 1.165) is 18.8 Å². The molecule has 3 N–H and O–H groups in total. The van der Waals surface area contributed by atoms with Gasteiger partial charge in [0.25, 0.3) is 0 Å². The molecule has 0 saturated carbocycles. The van der Waals surface area contributed by atoms with E-state index in [1.807, 2.05) is 11.8 Å². The van der Waals surface area contributed by atoms with Crippen LogP contribution >= 0.6 is 11.8 Å². The number of nitrogens with two attached hydrogens (primary N) is 1. The molecule has 1 fully saturated rings. The van der Waals surface area contributed by atoms with Crippen LogP contribution < -0.4 is 11.3 Å². The SMILES string of the molecule is CS(=O)(=O)CCCC(CC1CCSCC1)NN. The van der Waals surface area contributed by atoms with Crippen LogP contribution in [0, 0.1) is 5.92 Å². The highest BCUT2D eigenvalue weighted by Gasteiger charge is 2.18. The fourth-order valence-electron chi connectivity index (χ4n) is 2.25. The molecule has 1 heterocycles. The number of sulfone groups is 1. The lowest BCUT2D eigenvalue weighted by atomic mass is 9.93. The van der Waals surface area contributed by atoms with Crippen LogP contribution in [0.1, 0.15) is 32.1 Å². The van der Waals surface area contributed by atoms with Gasteiger partial charge in [0.1, 0.15) is 9.84 Å². The van der Waals surface area contributed by atoms with Gasteiger partial charge in [-0.3, -0.25) is 11.3 Å². The molecule has 0 aromatic carbocycles. The zero-order valence-corrected chi connectivity index (χ0v) is 12.2. The number of hydrogen-bond donors (Lipinski definition) is 2. The summed E-state index contributed by atoms with van der Waals surface area (Å²) in [6.45, 7) is 0. The number of thioether (sulfide) groups is 1. The molecule has 0 radical (unpaired) electrons. The lowest BCUT2D eigenvalue weighted by Crippen LogP contribution is -2.37. The molecule has 1 saturated heterocycles. The van der Waals surface area contributed by atoms with Gasteiger partial charge in [0.15, 0.2) is 0 Å². The molecule has 0 aromatic heterocycles. The largest absolute Gasteiger partial charge is 0.271 e. The van der Waals surface area contributed by atoms with Crippen molar-refractivity contribution in [3.8, 4) is 0 Å². The quantitative estimate of drug-likeness (QED) is 0.541.